The highest BCUT2D eigenvalue weighted by atomic mass is 32.2. The van der Waals surface area contributed by atoms with E-state index < -0.39 is 24.4 Å². The Bertz CT molecular complexity index is 1160. The number of nitrogens with zero attached hydrogens (tertiary/aromatic N) is 1. The van der Waals surface area contributed by atoms with Crippen LogP contribution in [-0.4, -0.2) is 58.2 Å². The van der Waals surface area contributed by atoms with Gasteiger partial charge in [0.15, 0.2) is 33.9 Å². The van der Waals surface area contributed by atoms with Gasteiger partial charge in [0.25, 0.3) is 11.8 Å². The number of nitrogens with one attached hydrogen (secondary N) is 1. The summed E-state index contributed by atoms with van der Waals surface area (Å²) in [6, 6.07) is 8.72. The summed E-state index contributed by atoms with van der Waals surface area (Å²) < 4.78 is 15.5. The van der Waals surface area contributed by atoms with Gasteiger partial charge in [0.2, 0.25) is 0 Å². The third-order valence-electron chi connectivity index (χ3n) is 4.29. The summed E-state index contributed by atoms with van der Waals surface area (Å²) in [5.74, 6) is -1.77. The van der Waals surface area contributed by atoms with Crippen LogP contribution >= 0.6 is 24.0 Å². The van der Waals surface area contributed by atoms with Crippen LogP contribution in [0.1, 0.15) is 15.9 Å². The van der Waals surface area contributed by atoms with Gasteiger partial charge in [0, 0.05) is 5.56 Å². The zero-order valence-corrected chi connectivity index (χ0v) is 19.0. The Morgan fingerprint density at radius 3 is 2.52 bits per heavy atom. The summed E-state index contributed by atoms with van der Waals surface area (Å²) >= 11 is 6.22. The molecule has 3 rings (SSSR count). The zero-order chi connectivity index (χ0) is 24.1. The molecule has 0 atom stereocenters. The molecule has 0 aliphatic carbocycles. The first kappa shape index (κ1) is 23.9. The molecule has 0 bridgehead atoms. The number of carbonyl (C=O) groups is 3. The van der Waals surface area contributed by atoms with Gasteiger partial charge >= 0.3 is 5.97 Å². The van der Waals surface area contributed by atoms with Crippen molar-refractivity contribution in [1.29, 1.82) is 0 Å². The Kier molecular flexibility index (Phi) is 7.41. The molecule has 1 saturated heterocycles. The van der Waals surface area contributed by atoms with Gasteiger partial charge in [-0.3, -0.25) is 15.0 Å². The summed E-state index contributed by atoms with van der Waals surface area (Å²) in [5, 5.41) is 19.4. The lowest BCUT2D eigenvalue weighted by Crippen LogP contribution is -2.44. The van der Waals surface area contributed by atoms with Gasteiger partial charge < -0.3 is 24.4 Å². The number of aromatic hydroxyl groups is 1. The van der Waals surface area contributed by atoms with Crippen molar-refractivity contribution < 1.29 is 38.8 Å². The Labute approximate surface area is 197 Å². The van der Waals surface area contributed by atoms with E-state index in [1.165, 1.54) is 38.5 Å². The molecule has 1 heterocycles. The molecular weight excluding hydrogens is 472 g/mol. The molecular formula is C21H18N2O8S2. The fourth-order valence-electron chi connectivity index (χ4n) is 2.73. The minimum absolute atomic E-state index is 0.109. The lowest BCUT2D eigenvalue weighted by molar-refractivity contribution is -0.139. The van der Waals surface area contributed by atoms with Gasteiger partial charge in [-0.25, -0.2) is 4.79 Å². The van der Waals surface area contributed by atoms with E-state index in [1.807, 2.05) is 0 Å². The largest absolute Gasteiger partial charge is 0.504 e. The molecule has 2 aromatic carbocycles. The molecule has 0 spiro atoms. The number of hydrogen-bond acceptors (Lipinski definition) is 9. The topological polar surface area (TPSA) is 135 Å². The quantitative estimate of drug-likeness (QED) is 0.374. The SMILES string of the molecule is COc1cc(C(=O)NN2C(=O)C(=Cc3ccc(OCC(=O)O)c(OC)c3)SC2=S)ccc1O. The third-order valence-corrected chi connectivity index (χ3v) is 5.59. The van der Waals surface area contributed by atoms with Crippen LogP contribution in [0.5, 0.6) is 23.0 Å². The smallest absolute Gasteiger partial charge is 0.341 e. The molecule has 2 amide bonds. The van der Waals surface area contributed by atoms with Crippen LogP contribution in [0.15, 0.2) is 41.3 Å². The number of phenols is 1. The van der Waals surface area contributed by atoms with Crippen molar-refractivity contribution in [3.63, 3.8) is 0 Å². The molecule has 2 aromatic rings. The Morgan fingerprint density at radius 2 is 1.85 bits per heavy atom. The molecule has 12 heteroatoms. The maximum atomic E-state index is 12.8. The number of methoxy groups -OCH3 is 2. The van der Waals surface area contributed by atoms with Gasteiger partial charge in [-0.15, -0.1) is 0 Å². The predicted octanol–water partition coefficient (Wildman–Crippen LogP) is 2.42. The molecule has 0 aromatic heterocycles. The average molecular weight is 491 g/mol. The van der Waals surface area contributed by atoms with Gasteiger partial charge in [0.05, 0.1) is 19.1 Å². The zero-order valence-electron chi connectivity index (χ0n) is 17.4. The highest BCUT2D eigenvalue weighted by Crippen LogP contribution is 2.34. The fraction of sp³-hybridized carbons (Fsp3) is 0.143. The molecule has 1 aliphatic rings. The van der Waals surface area contributed by atoms with E-state index >= 15 is 0 Å². The van der Waals surface area contributed by atoms with E-state index in [0.717, 1.165) is 16.8 Å². The molecule has 1 fully saturated rings. The third kappa shape index (κ3) is 5.54. The highest BCUT2D eigenvalue weighted by Gasteiger charge is 2.34. The Balaban J connectivity index is 1.76. The monoisotopic (exact) mass is 490 g/mol. The van der Waals surface area contributed by atoms with Crippen LogP contribution in [0.2, 0.25) is 0 Å². The number of thiocarbonyl (C=S) groups is 1. The van der Waals surface area contributed by atoms with Crippen LogP contribution in [0.4, 0.5) is 0 Å². The molecule has 1 aliphatic heterocycles. The molecule has 10 nitrogen and oxygen atoms in total. The van der Waals surface area contributed by atoms with Crippen molar-refractivity contribution in [1.82, 2.24) is 10.4 Å². The molecule has 33 heavy (non-hydrogen) atoms. The molecule has 172 valence electrons. The molecule has 0 saturated carbocycles. The van der Waals surface area contributed by atoms with Crippen LogP contribution in [0.3, 0.4) is 0 Å². The second-order valence-electron chi connectivity index (χ2n) is 6.44. The number of rotatable bonds is 8. The molecule has 0 radical (unpaired) electrons. The van der Waals surface area contributed by atoms with Gasteiger partial charge in [-0.05, 0) is 54.2 Å². The van der Waals surface area contributed by atoms with E-state index in [-0.39, 0.29) is 37.8 Å². The summed E-state index contributed by atoms with van der Waals surface area (Å²) in [6.45, 7) is -0.527. The number of thioether (sulfide) groups is 1. The van der Waals surface area contributed by atoms with Crippen molar-refractivity contribution in [2.45, 2.75) is 0 Å². The number of phenolic OH excluding ortho intramolecular Hbond substituents is 1. The molecule has 3 N–H and O–H groups in total. The van der Waals surface area contributed by atoms with Crippen molar-refractivity contribution in [2.24, 2.45) is 0 Å². The number of ether oxygens (including phenoxy) is 3. The Hall–Kier alpha value is -3.77. The van der Waals surface area contributed by atoms with Gasteiger partial charge in [-0.1, -0.05) is 17.8 Å². The van der Waals surface area contributed by atoms with E-state index in [4.69, 9.17) is 31.5 Å². The van der Waals surface area contributed by atoms with Crippen molar-refractivity contribution in [3.05, 3.63) is 52.4 Å². The lowest BCUT2D eigenvalue weighted by Gasteiger charge is -2.16. The van der Waals surface area contributed by atoms with Crippen LogP contribution in [0, 0.1) is 0 Å². The highest BCUT2D eigenvalue weighted by molar-refractivity contribution is 8.26. The summed E-state index contributed by atoms with van der Waals surface area (Å²) in [4.78, 5) is 36.3. The van der Waals surface area contributed by atoms with E-state index in [2.05, 4.69) is 5.43 Å². The maximum absolute atomic E-state index is 12.8. The number of hydrazine groups is 1. The fourth-order valence-corrected chi connectivity index (χ4v) is 3.91. The number of aliphatic carboxylic acids is 1. The first-order valence-electron chi connectivity index (χ1n) is 9.22. The predicted molar refractivity (Wildman–Crippen MR) is 123 cm³/mol. The summed E-state index contributed by atoms with van der Waals surface area (Å²) in [5.41, 5.74) is 3.18. The number of amides is 2. The number of carboxylic acids is 1. The molecule has 0 unspecified atom stereocenters. The lowest BCUT2D eigenvalue weighted by atomic mass is 10.2. The summed E-state index contributed by atoms with van der Waals surface area (Å²) in [6.07, 6.45) is 1.55. The van der Waals surface area contributed by atoms with Crippen molar-refractivity contribution in [3.8, 4) is 23.0 Å². The maximum Gasteiger partial charge on any atom is 0.341 e. The second kappa shape index (κ2) is 10.2. The average Bonchev–Trinajstić information content (AvgIpc) is 3.05. The standard InChI is InChI=1S/C21H18N2O8S2/c1-29-15-9-12(4-5-13(15)24)19(27)22-23-20(28)17(33-21(23)32)8-11-3-6-14(16(7-11)30-2)31-10-18(25)26/h3-9,24H,10H2,1-2H3,(H,22,27)(H,25,26). The minimum Gasteiger partial charge on any atom is -0.504 e. The first-order valence-corrected chi connectivity index (χ1v) is 10.4. The van der Waals surface area contributed by atoms with E-state index in [1.54, 1.807) is 18.2 Å². The number of benzene rings is 2. The first-order chi connectivity index (χ1) is 15.7. The Morgan fingerprint density at radius 1 is 1.12 bits per heavy atom. The number of carbonyl (C=O) groups excluding carboxylic acids is 2. The second-order valence-corrected chi connectivity index (χ2v) is 8.11. The number of hydrogen-bond donors (Lipinski definition) is 3. The minimum atomic E-state index is -1.13. The normalized spacial score (nSPS) is 14.4. The van der Waals surface area contributed by atoms with E-state index in [9.17, 15) is 19.5 Å². The van der Waals surface area contributed by atoms with Crippen molar-refractivity contribution in [2.75, 3.05) is 20.8 Å². The van der Waals surface area contributed by atoms with Crippen molar-refractivity contribution >= 4 is 52.2 Å². The van der Waals surface area contributed by atoms with Gasteiger partial charge in [0.1, 0.15) is 0 Å². The van der Waals surface area contributed by atoms with Gasteiger partial charge in [-0.2, -0.15) is 5.01 Å². The summed E-state index contributed by atoms with van der Waals surface area (Å²) in [7, 11) is 2.75. The number of carboxylic acid groups (broad SMARTS) is 1. The van der Waals surface area contributed by atoms with Crippen LogP contribution in [-0.2, 0) is 9.59 Å². The van der Waals surface area contributed by atoms with Crippen LogP contribution < -0.4 is 19.6 Å². The van der Waals surface area contributed by atoms with Crippen LogP contribution in [0.25, 0.3) is 6.08 Å². The van der Waals surface area contributed by atoms with E-state index in [0.29, 0.717) is 5.56 Å².